The van der Waals surface area contributed by atoms with Gasteiger partial charge in [-0.1, -0.05) is 18.6 Å². The predicted molar refractivity (Wildman–Crippen MR) is 121 cm³/mol. The van der Waals surface area contributed by atoms with Gasteiger partial charge in [-0.3, -0.25) is 4.79 Å². The van der Waals surface area contributed by atoms with E-state index in [1.54, 1.807) is 38.1 Å². The first-order valence-corrected chi connectivity index (χ1v) is 14.0. The van der Waals surface area contributed by atoms with Crippen molar-refractivity contribution in [2.24, 2.45) is 0 Å². The number of hydrogen-bond acceptors (Lipinski definition) is 6. The molecule has 1 heterocycles. The Labute approximate surface area is 187 Å². The Morgan fingerprint density at radius 3 is 2.13 bits per heavy atom. The van der Waals surface area contributed by atoms with Crippen molar-refractivity contribution in [2.45, 2.75) is 82.2 Å². The second kappa shape index (κ2) is 11.0. The Morgan fingerprint density at radius 2 is 1.58 bits per heavy atom. The van der Waals surface area contributed by atoms with Crippen LogP contribution >= 0.6 is 0 Å². The Morgan fingerprint density at radius 1 is 1.00 bits per heavy atom. The monoisotopic (exact) mass is 473 g/mol. The molecule has 0 aliphatic carbocycles. The number of sulfonamides is 1. The summed E-state index contributed by atoms with van der Waals surface area (Å²) >= 11 is 0. The molecule has 1 aromatic rings. The third kappa shape index (κ3) is 7.66. The molecule has 0 aromatic heterocycles. The quantitative estimate of drug-likeness (QED) is 0.458. The minimum atomic E-state index is -3.59. The summed E-state index contributed by atoms with van der Waals surface area (Å²) in [5, 5.41) is -0.365. The fraction of sp³-hybridized carbons (Fsp3) is 0.682. The molecule has 2 atom stereocenters. The van der Waals surface area contributed by atoms with Crippen molar-refractivity contribution >= 4 is 25.6 Å². The highest BCUT2D eigenvalue weighted by Gasteiger charge is 2.32. The van der Waals surface area contributed by atoms with Gasteiger partial charge in [0.2, 0.25) is 10.0 Å². The maximum atomic E-state index is 12.9. The van der Waals surface area contributed by atoms with Crippen LogP contribution in [0.5, 0.6) is 0 Å². The minimum absolute atomic E-state index is 0.0677. The van der Waals surface area contributed by atoms with Gasteiger partial charge in [-0.25, -0.2) is 16.8 Å². The van der Waals surface area contributed by atoms with E-state index in [1.165, 1.54) is 4.31 Å². The SMILES string of the molecule is CC(C)S(=O)(=O)CCCCCC(=O)Cc1ccc(S(=O)(=O)N2C[C@@H](C)O[C@@H](C)C2)cc1. The number of ether oxygens (including phenoxy) is 1. The van der Waals surface area contributed by atoms with Crippen LogP contribution in [-0.4, -0.2) is 63.2 Å². The molecule has 2 rings (SSSR count). The van der Waals surface area contributed by atoms with E-state index < -0.39 is 19.9 Å². The van der Waals surface area contributed by atoms with Gasteiger partial charge in [0.05, 0.1) is 28.1 Å². The number of hydrogen-bond donors (Lipinski definition) is 0. The van der Waals surface area contributed by atoms with Gasteiger partial charge >= 0.3 is 0 Å². The Balaban J connectivity index is 1.83. The van der Waals surface area contributed by atoms with Crippen LogP contribution < -0.4 is 0 Å². The van der Waals surface area contributed by atoms with E-state index in [1.807, 2.05) is 13.8 Å². The molecule has 1 saturated heterocycles. The van der Waals surface area contributed by atoms with Gasteiger partial charge in [0.25, 0.3) is 0 Å². The van der Waals surface area contributed by atoms with E-state index in [0.717, 1.165) is 5.56 Å². The highest BCUT2D eigenvalue weighted by molar-refractivity contribution is 7.91. The van der Waals surface area contributed by atoms with E-state index in [2.05, 4.69) is 0 Å². The summed E-state index contributed by atoms with van der Waals surface area (Å²) in [7, 11) is -6.62. The molecule has 0 amide bonds. The van der Waals surface area contributed by atoms with Gasteiger partial charge in [-0.05, 0) is 58.2 Å². The van der Waals surface area contributed by atoms with Crippen LogP contribution in [0, 0.1) is 0 Å². The molecule has 7 nitrogen and oxygen atoms in total. The smallest absolute Gasteiger partial charge is 0.243 e. The summed E-state index contributed by atoms with van der Waals surface area (Å²) < 4.78 is 56.4. The molecule has 1 fully saturated rings. The average molecular weight is 474 g/mol. The van der Waals surface area contributed by atoms with E-state index in [4.69, 9.17) is 4.74 Å². The normalized spacial score (nSPS) is 20.8. The van der Waals surface area contributed by atoms with Crippen molar-refractivity contribution in [3.05, 3.63) is 29.8 Å². The topological polar surface area (TPSA) is 97.8 Å². The standard InChI is InChI=1S/C22H35NO6S2/c1-17(2)30(25,26)13-7-5-6-8-21(24)14-20-9-11-22(12-10-20)31(27,28)23-15-18(3)29-19(4)16-23/h9-12,17-19H,5-8,13-16H2,1-4H3/t18-,19+. The number of benzene rings is 1. The first-order valence-electron chi connectivity index (χ1n) is 10.9. The van der Waals surface area contributed by atoms with Crippen molar-refractivity contribution in [3.8, 4) is 0 Å². The number of carbonyl (C=O) groups excluding carboxylic acids is 1. The van der Waals surface area contributed by atoms with Gasteiger partial charge in [0.1, 0.15) is 5.78 Å². The molecular weight excluding hydrogens is 438 g/mol. The summed E-state index contributed by atoms with van der Waals surface area (Å²) in [5.74, 6) is 0.230. The Hall–Kier alpha value is -1.29. The van der Waals surface area contributed by atoms with Crippen LogP contribution in [-0.2, 0) is 35.8 Å². The van der Waals surface area contributed by atoms with Crippen LogP contribution in [0.25, 0.3) is 0 Å². The molecule has 0 N–H and O–H groups in total. The van der Waals surface area contributed by atoms with Crippen LogP contribution in [0.4, 0.5) is 0 Å². The van der Waals surface area contributed by atoms with Crippen LogP contribution in [0.2, 0.25) is 0 Å². The van der Waals surface area contributed by atoms with Crippen molar-refractivity contribution in [1.82, 2.24) is 4.31 Å². The number of carbonyl (C=O) groups is 1. The van der Waals surface area contributed by atoms with Crippen LogP contribution in [0.1, 0.15) is 58.9 Å². The van der Waals surface area contributed by atoms with Gasteiger partial charge in [-0.15, -0.1) is 0 Å². The number of nitrogens with zero attached hydrogens (tertiary/aromatic N) is 1. The summed E-state index contributed by atoms with van der Waals surface area (Å²) in [5.41, 5.74) is 0.773. The largest absolute Gasteiger partial charge is 0.373 e. The zero-order valence-electron chi connectivity index (χ0n) is 18.9. The van der Waals surface area contributed by atoms with Crippen molar-refractivity contribution in [1.29, 1.82) is 0 Å². The molecule has 31 heavy (non-hydrogen) atoms. The number of ketones is 1. The molecule has 0 unspecified atom stereocenters. The van der Waals surface area contributed by atoms with Gasteiger partial charge in [0.15, 0.2) is 9.84 Å². The third-order valence-electron chi connectivity index (χ3n) is 5.45. The number of morpholine rings is 1. The summed E-state index contributed by atoms with van der Waals surface area (Å²) in [4.78, 5) is 12.4. The summed E-state index contributed by atoms with van der Waals surface area (Å²) in [6, 6.07) is 6.49. The lowest BCUT2D eigenvalue weighted by Gasteiger charge is -2.34. The second-order valence-corrected chi connectivity index (χ2v) is 13.3. The van der Waals surface area contributed by atoms with Crippen molar-refractivity contribution in [2.75, 3.05) is 18.8 Å². The summed E-state index contributed by atoms with van der Waals surface area (Å²) in [6.07, 6.45) is 2.26. The molecule has 176 valence electrons. The maximum absolute atomic E-state index is 12.9. The lowest BCUT2D eigenvalue weighted by molar-refractivity contribution is -0.118. The zero-order chi connectivity index (χ0) is 23.2. The van der Waals surface area contributed by atoms with Gasteiger partial charge < -0.3 is 4.74 Å². The molecular formula is C22H35NO6S2. The minimum Gasteiger partial charge on any atom is -0.373 e. The summed E-state index contributed by atoms with van der Waals surface area (Å²) in [6.45, 7) is 7.72. The molecule has 1 aromatic carbocycles. The van der Waals surface area contributed by atoms with E-state index >= 15 is 0 Å². The highest BCUT2D eigenvalue weighted by atomic mass is 32.2. The number of rotatable bonds is 11. The lowest BCUT2D eigenvalue weighted by Crippen LogP contribution is -2.48. The lowest BCUT2D eigenvalue weighted by atomic mass is 10.0. The fourth-order valence-electron chi connectivity index (χ4n) is 3.61. The zero-order valence-corrected chi connectivity index (χ0v) is 20.5. The molecule has 1 aliphatic rings. The molecule has 0 saturated carbocycles. The van der Waals surface area contributed by atoms with E-state index in [0.29, 0.717) is 38.8 Å². The Kier molecular flexibility index (Phi) is 9.24. The third-order valence-corrected chi connectivity index (χ3v) is 9.59. The molecule has 9 heteroatoms. The van der Waals surface area contributed by atoms with E-state index in [9.17, 15) is 21.6 Å². The van der Waals surface area contributed by atoms with Gasteiger partial charge in [0, 0.05) is 25.9 Å². The van der Waals surface area contributed by atoms with Crippen molar-refractivity contribution in [3.63, 3.8) is 0 Å². The fourth-order valence-corrected chi connectivity index (χ4v) is 6.28. The van der Waals surface area contributed by atoms with Crippen molar-refractivity contribution < 1.29 is 26.4 Å². The molecule has 0 spiro atoms. The van der Waals surface area contributed by atoms with Crippen LogP contribution in [0.15, 0.2) is 29.2 Å². The molecule has 0 radical (unpaired) electrons. The van der Waals surface area contributed by atoms with Crippen LogP contribution in [0.3, 0.4) is 0 Å². The second-order valence-electron chi connectivity index (χ2n) is 8.67. The first-order chi connectivity index (χ1) is 14.4. The number of unbranched alkanes of at least 4 members (excludes halogenated alkanes) is 2. The maximum Gasteiger partial charge on any atom is 0.243 e. The Bertz CT molecular complexity index is 929. The number of sulfone groups is 1. The predicted octanol–water partition coefficient (Wildman–Crippen LogP) is 2.98. The van der Waals surface area contributed by atoms with Gasteiger partial charge in [-0.2, -0.15) is 4.31 Å². The highest BCUT2D eigenvalue weighted by Crippen LogP contribution is 2.22. The average Bonchev–Trinajstić information content (AvgIpc) is 2.67. The first kappa shape index (κ1) is 26.0. The molecule has 1 aliphatic heterocycles. The van der Waals surface area contributed by atoms with E-state index in [-0.39, 0.29) is 40.3 Å². The number of Topliss-reactive ketones (excluding diaryl/α,β-unsaturated/α-hetero) is 1. The molecule has 0 bridgehead atoms.